The van der Waals surface area contributed by atoms with Crippen molar-refractivity contribution in [3.63, 3.8) is 0 Å². The lowest BCUT2D eigenvalue weighted by atomic mass is 10.1. The van der Waals surface area contributed by atoms with E-state index in [0.717, 1.165) is 36.9 Å². The predicted molar refractivity (Wildman–Crippen MR) is 89.3 cm³/mol. The zero-order chi connectivity index (χ0) is 15.3. The van der Waals surface area contributed by atoms with Crippen molar-refractivity contribution in [3.8, 4) is 0 Å². The van der Waals surface area contributed by atoms with Gasteiger partial charge in [0.2, 0.25) is 0 Å². The highest BCUT2D eigenvalue weighted by atomic mass is 79.9. The summed E-state index contributed by atoms with van der Waals surface area (Å²) < 4.78 is 25.7. The standard InChI is InChI=1S/C15H23BrN2O2S/c1-2-18(14-7-9-17-10-8-14)11-12-21(19,20)15-5-3-13(16)4-6-15/h3-6,14,17H,2,7-12H2,1H3. The van der Waals surface area contributed by atoms with Crippen molar-refractivity contribution in [2.45, 2.75) is 30.7 Å². The zero-order valence-electron chi connectivity index (χ0n) is 12.4. The van der Waals surface area contributed by atoms with Crippen LogP contribution in [0.2, 0.25) is 0 Å². The number of rotatable bonds is 6. The van der Waals surface area contributed by atoms with Gasteiger partial charge >= 0.3 is 0 Å². The molecule has 2 rings (SSSR count). The number of nitrogens with one attached hydrogen (secondary N) is 1. The van der Waals surface area contributed by atoms with Crippen molar-refractivity contribution in [2.75, 3.05) is 31.9 Å². The largest absolute Gasteiger partial charge is 0.317 e. The molecule has 0 saturated carbocycles. The normalized spacial score (nSPS) is 17.3. The molecular formula is C15H23BrN2O2S. The Morgan fingerprint density at radius 2 is 1.86 bits per heavy atom. The monoisotopic (exact) mass is 374 g/mol. The first-order valence-corrected chi connectivity index (χ1v) is 9.90. The van der Waals surface area contributed by atoms with Crippen LogP contribution in [0.5, 0.6) is 0 Å². The van der Waals surface area contributed by atoms with Gasteiger partial charge in [0.25, 0.3) is 0 Å². The van der Waals surface area contributed by atoms with E-state index in [1.54, 1.807) is 24.3 Å². The number of piperidine rings is 1. The van der Waals surface area contributed by atoms with E-state index in [1.807, 2.05) is 0 Å². The van der Waals surface area contributed by atoms with Crippen LogP contribution in [-0.4, -0.2) is 51.3 Å². The van der Waals surface area contributed by atoms with Gasteiger partial charge in [-0.1, -0.05) is 22.9 Å². The number of sulfone groups is 1. The highest BCUT2D eigenvalue weighted by Gasteiger charge is 2.22. The number of halogens is 1. The van der Waals surface area contributed by atoms with E-state index >= 15 is 0 Å². The van der Waals surface area contributed by atoms with Crippen LogP contribution in [0.1, 0.15) is 19.8 Å². The third kappa shape index (κ3) is 4.77. The van der Waals surface area contributed by atoms with Gasteiger partial charge in [0.05, 0.1) is 10.6 Å². The quantitative estimate of drug-likeness (QED) is 0.829. The van der Waals surface area contributed by atoms with Gasteiger partial charge in [-0.15, -0.1) is 0 Å². The molecule has 1 aliphatic rings. The first kappa shape index (κ1) is 16.9. The van der Waals surface area contributed by atoms with Gasteiger partial charge in [0, 0.05) is 17.1 Å². The molecule has 6 heteroatoms. The van der Waals surface area contributed by atoms with Gasteiger partial charge in [-0.2, -0.15) is 0 Å². The van der Waals surface area contributed by atoms with Crippen LogP contribution in [0.4, 0.5) is 0 Å². The van der Waals surface area contributed by atoms with Gasteiger partial charge in [0.15, 0.2) is 9.84 Å². The van der Waals surface area contributed by atoms with Gasteiger partial charge in [-0.25, -0.2) is 8.42 Å². The highest BCUT2D eigenvalue weighted by Crippen LogP contribution is 2.17. The van der Waals surface area contributed by atoms with Crippen LogP contribution < -0.4 is 5.32 Å². The lowest BCUT2D eigenvalue weighted by Crippen LogP contribution is -2.44. The zero-order valence-corrected chi connectivity index (χ0v) is 14.8. The molecule has 1 aromatic carbocycles. The Bertz CT molecular complexity index is 539. The fraction of sp³-hybridized carbons (Fsp3) is 0.600. The molecular weight excluding hydrogens is 352 g/mol. The van der Waals surface area contributed by atoms with Crippen molar-refractivity contribution in [1.29, 1.82) is 0 Å². The number of benzene rings is 1. The van der Waals surface area contributed by atoms with Crippen LogP contribution in [0.25, 0.3) is 0 Å². The molecule has 1 fully saturated rings. The molecule has 0 atom stereocenters. The second-order valence-electron chi connectivity index (χ2n) is 5.38. The molecule has 118 valence electrons. The maximum absolute atomic E-state index is 12.4. The van der Waals surface area contributed by atoms with Crippen molar-refractivity contribution in [2.24, 2.45) is 0 Å². The molecule has 1 saturated heterocycles. The molecule has 0 unspecified atom stereocenters. The van der Waals surface area contributed by atoms with E-state index in [2.05, 4.69) is 33.1 Å². The second-order valence-corrected chi connectivity index (χ2v) is 8.41. The summed E-state index contributed by atoms with van der Waals surface area (Å²) in [7, 11) is -3.20. The number of hydrogen-bond acceptors (Lipinski definition) is 4. The Hall–Kier alpha value is -0.430. The fourth-order valence-electron chi connectivity index (χ4n) is 2.77. The molecule has 1 N–H and O–H groups in total. The Morgan fingerprint density at radius 1 is 1.24 bits per heavy atom. The predicted octanol–water partition coefficient (Wildman–Crippen LogP) is 2.30. The van der Waals surface area contributed by atoms with Crippen molar-refractivity contribution in [3.05, 3.63) is 28.7 Å². The lowest BCUT2D eigenvalue weighted by molar-refractivity contribution is 0.179. The molecule has 0 spiro atoms. The minimum absolute atomic E-state index is 0.187. The first-order valence-electron chi connectivity index (χ1n) is 7.46. The molecule has 1 aromatic rings. The summed E-state index contributed by atoms with van der Waals surface area (Å²) in [6.07, 6.45) is 2.21. The maximum atomic E-state index is 12.4. The van der Waals surface area contributed by atoms with Crippen LogP contribution >= 0.6 is 15.9 Å². The Balaban J connectivity index is 1.97. The smallest absolute Gasteiger partial charge is 0.179 e. The van der Waals surface area contributed by atoms with Gasteiger partial charge in [-0.3, -0.25) is 4.90 Å². The molecule has 4 nitrogen and oxygen atoms in total. The molecule has 1 aliphatic heterocycles. The van der Waals surface area contributed by atoms with E-state index in [9.17, 15) is 8.42 Å². The van der Waals surface area contributed by atoms with E-state index in [-0.39, 0.29) is 5.75 Å². The summed E-state index contributed by atoms with van der Waals surface area (Å²) in [4.78, 5) is 2.71. The van der Waals surface area contributed by atoms with E-state index in [4.69, 9.17) is 0 Å². The average molecular weight is 375 g/mol. The van der Waals surface area contributed by atoms with Crippen molar-refractivity contribution < 1.29 is 8.42 Å². The van der Waals surface area contributed by atoms with Crippen molar-refractivity contribution >= 4 is 25.8 Å². The van der Waals surface area contributed by atoms with Crippen molar-refractivity contribution in [1.82, 2.24) is 10.2 Å². The Labute approximate surface area is 136 Å². The molecule has 21 heavy (non-hydrogen) atoms. The fourth-order valence-corrected chi connectivity index (χ4v) is 4.29. The van der Waals surface area contributed by atoms with Crippen LogP contribution in [0.15, 0.2) is 33.6 Å². The second kappa shape index (κ2) is 7.72. The summed E-state index contributed by atoms with van der Waals surface area (Å²) in [5, 5.41) is 3.35. The summed E-state index contributed by atoms with van der Waals surface area (Å²) in [5.74, 6) is 0.187. The van der Waals surface area contributed by atoms with E-state index < -0.39 is 9.84 Å². The topological polar surface area (TPSA) is 49.4 Å². The summed E-state index contributed by atoms with van der Waals surface area (Å²) >= 11 is 3.33. The summed E-state index contributed by atoms with van der Waals surface area (Å²) in [6.45, 7) is 5.68. The number of hydrogen-bond donors (Lipinski definition) is 1. The first-order chi connectivity index (χ1) is 10.0. The SMILES string of the molecule is CCN(CCS(=O)(=O)c1ccc(Br)cc1)C1CCNCC1. The summed E-state index contributed by atoms with van der Waals surface area (Å²) in [5.41, 5.74) is 0. The maximum Gasteiger partial charge on any atom is 0.179 e. The molecule has 0 bridgehead atoms. The Morgan fingerprint density at radius 3 is 2.43 bits per heavy atom. The van der Waals surface area contributed by atoms with E-state index in [0.29, 0.717) is 17.5 Å². The molecule has 0 radical (unpaired) electrons. The molecule has 0 amide bonds. The summed E-state index contributed by atoms with van der Waals surface area (Å²) in [6, 6.07) is 7.39. The molecule has 0 aromatic heterocycles. The van der Waals surface area contributed by atoms with Gasteiger partial charge < -0.3 is 5.32 Å². The van der Waals surface area contributed by atoms with Crippen LogP contribution in [0, 0.1) is 0 Å². The van der Waals surface area contributed by atoms with Gasteiger partial charge in [0.1, 0.15) is 0 Å². The molecule has 0 aliphatic carbocycles. The molecule has 1 heterocycles. The Kier molecular flexibility index (Phi) is 6.22. The lowest BCUT2D eigenvalue weighted by Gasteiger charge is -2.33. The van der Waals surface area contributed by atoms with Gasteiger partial charge in [-0.05, 0) is 56.7 Å². The van der Waals surface area contributed by atoms with Crippen LogP contribution in [-0.2, 0) is 9.84 Å². The minimum atomic E-state index is -3.20. The highest BCUT2D eigenvalue weighted by molar-refractivity contribution is 9.10. The third-order valence-electron chi connectivity index (χ3n) is 4.05. The average Bonchev–Trinajstić information content (AvgIpc) is 2.49. The van der Waals surface area contributed by atoms with E-state index in [1.165, 1.54) is 0 Å². The van der Waals surface area contributed by atoms with Crippen LogP contribution in [0.3, 0.4) is 0 Å². The third-order valence-corrected chi connectivity index (χ3v) is 6.29. The number of nitrogens with zero attached hydrogens (tertiary/aromatic N) is 1. The minimum Gasteiger partial charge on any atom is -0.317 e.